The molecule has 4 nitrogen and oxygen atoms in total. The Hall–Kier alpha value is -1.07. The fourth-order valence-electron chi connectivity index (χ4n) is 2.82. The zero-order valence-electron chi connectivity index (χ0n) is 11.2. The first-order chi connectivity index (χ1) is 9.00. The van der Waals surface area contributed by atoms with Crippen LogP contribution in [-0.2, 0) is 10.1 Å². The summed E-state index contributed by atoms with van der Waals surface area (Å²) in [5.41, 5.74) is 0.861. The van der Waals surface area contributed by atoms with Crippen LogP contribution in [0, 0.1) is 0 Å². The Labute approximate surface area is 115 Å². The van der Waals surface area contributed by atoms with Crippen molar-refractivity contribution in [3.63, 3.8) is 0 Å². The third-order valence-corrected chi connectivity index (χ3v) is 4.93. The van der Waals surface area contributed by atoms with Crippen molar-refractivity contribution in [1.29, 1.82) is 0 Å². The van der Waals surface area contributed by atoms with Gasteiger partial charge in [0, 0.05) is 11.7 Å². The summed E-state index contributed by atoms with van der Waals surface area (Å²) in [4.78, 5) is 1.86. The second-order valence-electron chi connectivity index (χ2n) is 5.15. The summed E-state index contributed by atoms with van der Waals surface area (Å²) in [5, 5.41) is -0.905. The Kier molecular flexibility index (Phi) is 4.47. The zero-order chi connectivity index (χ0) is 13.9. The summed E-state index contributed by atoms with van der Waals surface area (Å²) in [7, 11) is -4.07. The van der Waals surface area contributed by atoms with Crippen LogP contribution < -0.4 is 4.90 Å². The van der Waals surface area contributed by atoms with E-state index in [1.165, 1.54) is 6.42 Å². The van der Waals surface area contributed by atoms with Crippen LogP contribution in [0.15, 0.2) is 30.3 Å². The van der Waals surface area contributed by atoms with Gasteiger partial charge in [0.25, 0.3) is 10.1 Å². The normalized spacial score (nSPS) is 19.1. The summed E-state index contributed by atoms with van der Waals surface area (Å²) < 4.78 is 32.4. The Morgan fingerprint density at radius 2 is 1.74 bits per heavy atom. The van der Waals surface area contributed by atoms with Gasteiger partial charge in [-0.2, -0.15) is 8.42 Å². The highest BCUT2D eigenvalue weighted by atomic mass is 32.2. The highest BCUT2D eigenvalue weighted by molar-refractivity contribution is 7.86. The maximum Gasteiger partial charge on any atom is 0.286 e. The fraction of sp³-hybridized carbons (Fsp3) is 0.571. The van der Waals surface area contributed by atoms with E-state index in [9.17, 15) is 13.0 Å². The van der Waals surface area contributed by atoms with Gasteiger partial charge in [-0.1, -0.05) is 37.5 Å². The first-order valence-corrected chi connectivity index (χ1v) is 8.30. The van der Waals surface area contributed by atoms with Crippen LogP contribution in [0.25, 0.3) is 0 Å². The van der Waals surface area contributed by atoms with Gasteiger partial charge in [0.2, 0.25) is 0 Å². The smallest absolute Gasteiger partial charge is 0.286 e. The van der Waals surface area contributed by atoms with Gasteiger partial charge >= 0.3 is 0 Å². The molecule has 0 amide bonds. The number of para-hydroxylation sites is 1. The molecule has 0 bridgehead atoms. The Morgan fingerprint density at radius 3 is 2.26 bits per heavy atom. The minimum atomic E-state index is -4.07. The van der Waals surface area contributed by atoms with Crippen LogP contribution >= 0.6 is 0 Å². The second kappa shape index (κ2) is 5.92. The van der Waals surface area contributed by atoms with Gasteiger partial charge < -0.3 is 4.90 Å². The van der Waals surface area contributed by atoms with E-state index in [4.69, 9.17) is 0 Å². The number of hydrogen-bond acceptors (Lipinski definition) is 3. The maximum atomic E-state index is 11.5. The van der Waals surface area contributed by atoms with Gasteiger partial charge in [-0.3, -0.25) is 4.55 Å². The van der Waals surface area contributed by atoms with Crippen LogP contribution in [0.3, 0.4) is 0 Å². The molecule has 0 aromatic heterocycles. The lowest BCUT2D eigenvalue weighted by Crippen LogP contribution is -2.46. The number of nitrogens with zero attached hydrogens (tertiary/aromatic N) is 1. The van der Waals surface area contributed by atoms with Crippen molar-refractivity contribution in [1.82, 2.24) is 0 Å². The van der Waals surface area contributed by atoms with Gasteiger partial charge in [-0.15, -0.1) is 0 Å². The van der Waals surface area contributed by atoms with Gasteiger partial charge in [0.05, 0.1) is 0 Å². The summed E-state index contributed by atoms with van der Waals surface area (Å²) in [6.45, 7) is 1.55. The first-order valence-electron chi connectivity index (χ1n) is 6.80. The molecule has 1 fully saturated rings. The second-order valence-corrected chi connectivity index (χ2v) is 6.86. The highest BCUT2D eigenvalue weighted by Gasteiger charge is 2.31. The topological polar surface area (TPSA) is 57.6 Å². The van der Waals surface area contributed by atoms with Crippen molar-refractivity contribution in [2.75, 3.05) is 4.90 Å². The van der Waals surface area contributed by atoms with Gasteiger partial charge in [0.1, 0.15) is 0 Å². The molecule has 1 saturated carbocycles. The molecule has 0 radical (unpaired) electrons. The van der Waals surface area contributed by atoms with Gasteiger partial charge in [-0.05, 0) is 31.9 Å². The van der Waals surface area contributed by atoms with Crippen molar-refractivity contribution < 1.29 is 13.0 Å². The number of hydrogen-bond donors (Lipinski definition) is 1. The van der Waals surface area contributed by atoms with E-state index in [1.54, 1.807) is 6.92 Å². The summed E-state index contributed by atoms with van der Waals surface area (Å²) in [6.07, 6.45) is 5.40. The molecule has 1 atom stereocenters. The van der Waals surface area contributed by atoms with E-state index in [1.807, 2.05) is 35.2 Å². The number of anilines is 1. The lowest BCUT2D eigenvalue weighted by molar-refractivity contribution is 0.397. The molecule has 1 aromatic carbocycles. The van der Waals surface area contributed by atoms with Crippen molar-refractivity contribution >= 4 is 15.8 Å². The standard InChI is InChI=1S/C14H21NO3S/c1-12(19(16,17)18)15(13-8-4-2-5-9-13)14-10-6-3-7-11-14/h2,4-5,8-9,12,14H,3,6-7,10-11H2,1H3,(H,16,17,18). The van der Waals surface area contributed by atoms with Crippen molar-refractivity contribution in [3.8, 4) is 0 Å². The minimum absolute atomic E-state index is 0.188. The quantitative estimate of drug-likeness (QED) is 0.863. The molecule has 0 heterocycles. The molecule has 1 aliphatic rings. The van der Waals surface area contributed by atoms with Gasteiger partial charge in [0.15, 0.2) is 5.37 Å². The number of rotatable bonds is 4. The third-order valence-electron chi connectivity index (χ3n) is 3.85. The van der Waals surface area contributed by atoms with Crippen LogP contribution in [0.2, 0.25) is 0 Å². The molecular formula is C14H21NO3S. The van der Waals surface area contributed by atoms with E-state index in [0.29, 0.717) is 0 Å². The lowest BCUT2D eigenvalue weighted by atomic mass is 9.94. The van der Waals surface area contributed by atoms with Crippen molar-refractivity contribution in [2.45, 2.75) is 50.4 Å². The maximum absolute atomic E-state index is 11.5. The largest absolute Gasteiger partial charge is 0.350 e. The zero-order valence-corrected chi connectivity index (χ0v) is 12.0. The van der Waals surface area contributed by atoms with Crippen molar-refractivity contribution in [3.05, 3.63) is 30.3 Å². The lowest BCUT2D eigenvalue weighted by Gasteiger charge is -2.39. The molecule has 1 N–H and O–H groups in total. The Morgan fingerprint density at radius 1 is 1.16 bits per heavy atom. The van der Waals surface area contributed by atoms with E-state index in [2.05, 4.69) is 0 Å². The third kappa shape index (κ3) is 3.48. The van der Waals surface area contributed by atoms with E-state index < -0.39 is 15.5 Å². The molecule has 19 heavy (non-hydrogen) atoms. The minimum Gasteiger partial charge on any atom is -0.350 e. The van der Waals surface area contributed by atoms with E-state index in [-0.39, 0.29) is 6.04 Å². The highest BCUT2D eigenvalue weighted by Crippen LogP contribution is 2.30. The van der Waals surface area contributed by atoms with Crippen LogP contribution in [0.5, 0.6) is 0 Å². The molecule has 106 valence electrons. The Balaban J connectivity index is 2.33. The first kappa shape index (κ1) is 14.3. The molecule has 0 saturated heterocycles. The monoisotopic (exact) mass is 283 g/mol. The molecule has 1 aliphatic carbocycles. The molecule has 0 spiro atoms. The number of benzene rings is 1. The molecule has 0 aliphatic heterocycles. The van der Waals surface area contributed by atoms with Crippen LogP contribution in [0.4, 0.5) is 5.69 Å². The fourth-order valence-corrected chi connectivity index (χ4v) is 3.40. The molecule has 2 rings (SSSR count). The summed E-state index contributed by atoms with van der Waals surface area (Å²) in [5.74, 6) is 0. The van der Waals surface area contributed by atoms with E-state index in [0.717, 1.165) is 31.4 Å². The molecule has 5 heteroatoms. The Bertz CT molecular complexity index is 495. The SMILES string of the molecule is CC(N(c1ccccc1)C1CCCCC1)S(=O)(=O)O. The van der Waals surface area contributed by atoms with E-state index >= 15 is 0 Å². The van der Waals surface area contributed by atoms with Gasteiger partial charge in [-0.25, -0.2) is 0 Å². The van der Waals surface area contributed by atoms with Crippen molar-refractivity contribution in [2.24, 2.45) is 0 Å². The summed E-state index contributed by atoms with van der Waals surface area (Å²) in [6, 6.07) is 9.67. The molecular weight excluding hydrogens is 262 g/mol. The predicted octanol–water partition coefficient (Wildman–Crippen LogP) is 3.06. The predicted molar refractivity (Wildman–Crippen MR) is 76.8 cm³/mol. The average molecular weight is 283 g/mol. The summed E-state index contributed by atoms with van der Waals surface area (Å²) >= 11 is 0. The molecule has 1 aromatic rings. The van der Waals surface area contributed by atoms with Crippen LogP contribution in [0.1, 0.15) is 39.0 Å². The average Bonchev–Trinajstić information content (AvgIpc) is 2.40. The van der Waals surface area contributed by atoms with Crippen LogP contribution in [-0.4, -0.2) is 24.4 Å². The molecule has 1 unspecified atom stereocenters.